The molecule has 1 saturated carbocycles. The molecule has 1 fully saturated rings. The van der Waals surface area contributed by atoms with E-state index in [0.717, 1.165) is 40.4 Å². The van der Waals surface area contributed by atoms with E-state index in [2.05, 4.69) is 41.5 Å². The number of nitrogens with zero attached hydrogens (tertiary/aromatic N) is 1. The van der Waals surface area contributed by atoms with Gasteiger partial charge in [-0.05, 0) is 43.4 Å². The smallest absolute Gasteiger partial charge is 0.226 e. The van der Waals surface area contributed by atoms with Crippen LogP contribution in [0.1, 0.15) is 35.7 Å². The summed E-state index contributed by atoms with van der Waals surface area (Å²) >= 11 is 1.58. The van der Waals surface area contributed by atoms with Gasteiger partial charge in [-0.1, -0.05) is 42.0 Å². The van der Waals surface area contributed by atoms with Crippen molar-refractivity contribution in [3.05, 3.63) is 70.7 Å². The molecule has 3 aromatic rings. The monoisotopic (exact) mass is 392 g/mol. The van der Waals surface area contributed by atoms with Gasteiger partial charge in [0.25, 0.3) is 0 Å². The van der Waals surface area contributed by atoms with Crippen LogP contribution in [0.15, 0.2) is 53.9 Å². The van der Waals surface area contributed by atoms with Crippen LogP contribution < -0.4 is 10.1 Å². The van der Waals surface area contributed by atoms with Crippen molar-refractivity contribution in [3.63, 3.8) is 0 Å². The minimum absolute atomic E-state index is 0.0217. The predicted molar refractivity (Wildman–Crippen MR) is 113 cm³/mol. The van der Waals surface area contributed by atoms with Gasteiger partial charge >= 0.3 is 0 Å². The fraction of sp³-hybridized carbons (Fsp3) is 0.304. The van der Waals surface area contributed by atoms with Gasteiger partial charge < -0.3 is 10.1 Å². The number of thiazole rings is 1. The van der Waals surface area contributed by atoms with Crippen LogP contribution in [0.3, 0.4) is 0 Å². The fourth-order valence-electron chi connectivity index (χ4n) is 3.32. The van der Waals surface area contributed by atoms with E-state index < -0.39 is 0 Å². The number of hydrogen-bond donors (Lipinski definition) is 1. The molecular weight excluding hydrogens is 368 g/mol. The van der Waals surface area contributed by atoms with Gasteiger partial charge in [0.15, 0.2) is 0 Å². The lowest BCUT2D eigenvalue weighted by molar-refractivity contribution is -0.121. The highest BCUT2D eigenvalue weighted by molar-refractivity contribution is 7.13. The molecule has 1 amide bonds. The zero-order valence-electron chi connectivity index (χ0n) is 16.1. The molecule has 1 N–H and O–H groups in total. The molecule has 144 valence electrons. The second-order valence-corrected chi connectivity index (χ2v) is 8.20. The van der Waals surface area contributed by atoms with Crippen LogP contribution in [0.5, 0.6) is 5.75 Å². The van der Waals surface area contributed by atoms with Gasteiger partial charge in [0, 0.05) is 10.9 Å². The second-order valence-electron chi connectivity index (χ2n) is 7.34. The molecule has 4 nitrogen and oxygen atoms in total. The lowest BCUT2D eigenvalue weighted by Gasteiger charge is -2.19. The highest BCUT2D eigenvalue weighted by atomic mass is 32.1. The molecule has 1 heterocycles. The first-order valence-corrected chi connectivity index (χ1v) is 10.4. The lowest BCUT2D eigenvalue weighted by atomic mass is 10.0. The van der Waals surface area contributed by atoms with Gasteiger partial charge in [-0.25, -0.2) is 4.98 Å². The van der Waals surface area contributed by atoms with E-state index in [1.807, 2.05) is 29.6 Å². The Morgan fingerprint density at radius 2 is 1.89 bits per heavy atom. The summed E-state index contributed by atoms with van der Waals surface area (Å²) in [5.41, 5.74) is 4.28. The normalized spacial score (nSPS) is 14.5. The summed E-state index contributed by atoms with van der Waals surface area (Å²) in [6.07, 6.45) is 2.62. The highest BCUT2D eigenvalue weighted by Gasteiger charge is 2.33. The van der Waals surface area contributed by atoms with Crippen LogP contribution in [0.25, 0.3) is 10.6 Å². The number of benzene rings is 2. The number of hydrogen-bond acceptors (Lipinski definition) is 4. The number of carbonyl (C=O) groups is 1. The lowest BCUT2D eigenvalue weighted by Crippen LogP contribution is -2.31. The van der Waals surface area contributed by atoms with Crippen LogP contribution in [0, 0.1) is 12.8 Å². The largest absolute Gasteiger partial charge is 0.497 e. The summed E-state index contributed by atoms with van der Waals surface area (Å²) in [4.78, 5) is 17.3. The van der Waals surface area contributed by atoms with E-state index in [1.165, 1.54) is 5.56 Å². The van der Waals surface area contributed by atoms with Crippen molar-refractivity contribution in [2.45, 2.75) is 32.2 Å². The molecule has 1 aliphatic rings. The predicted octanol–water partition coefficient (Wildman–Crippen LogP) is 4.94. The van der Waals surface area contributed by atoms with Gasteiger partial charge in [-0.15, -0.1) is 11.3 Å². The number of aryl methyl sites for hydroxylation is 1. The van der Waals surface area contributed by atoms with Crippen LogP contribution in [-0.4, -0.2) is 18.0 Å². The third-order valence-corrected chi connectivity index (χ3v) is 6.02. The maximum atomic E-state index is 12.7. The number of carbonyl (C=O) groups excluding carboxylic acids is 1. The van der Waals surface area contributed by atoms with Gasteiger partial charge in [0.05, 0.1) is 25.3 Å². The third kappa shape index (κ3) is 4.42. The average molecular weight is 393 g/mol. The number of rotatable bonds is 7. The molecule has 0 saturated heterocycles. The van der Waals surface area contributed by atoms with Crippen molar-refractivity contribution in [2.75, 3.05) is 7.11 Å². The van der Waals surface area contributed by atoms with Crippen LogP contribution in [-0.2, 0) is 11.2 Å². The first-order chi connectivity index (χ1) is 13.6. The second kappa shape index (κ2) is 8.15. The first kappa shape index (κ1) is 18.7. The summed E-state index contributed by atoms with van der Waals surface area (Å²) in [5.74, 6) is 1.38. The number of aromatic nitrogens is 1. The molecule has 5 heteroatoms. The SMILES string of the molecule is COc1ccc(C(NC(=O)Cc2csc(-c3ccc(C)cc3)n2)C2CC2)cc1. The zero-order valence-corrected chi connectivity index (χ0v) is 17.0. The van der Waals surface area contributed by atoms with E-state index in [-0.39, 0.29) is 11.9 Å². The molecular formula is C23H24N2O2S. The third-order valence-electron chi connectivity index (χ3n) is 5.08. The molecule has 28 heavy (non-hydrogen) atoms. The molecule has 0 aliphatic heterocycles. The van der Waals surface area contributed by atoms with Gasteiger partial charge in [-0.3, -0.25) is 4.79 Å². The molecule has 1 aliphatic carbocycles. The maximum Gasteiger partial charge on any atom is 0.226 e. The van der Waals surface area contributed by atoms with Crippen LogP contribution >= 0.6 is 11.3 Å². The minimum atomic E-state index is 0.0217. The molecule has 4 rings (SSSR count). The molecule has 1 atom stereocenters. The summed E-state index contributed by atoms with van der Waals surface area (Å²) < 4.78 is 5.24. The van der Waals surface area contributed by atoms with Crippen LogP contribution in [0.4, 0.5) is 0 Å². The number of ether oxygens (including phenoxy) is 1. The van der Waals surface area contributed by atoms with Crippen molar-refractivity contribution in [1.82, 2.24) is 10.3 Å². The van der Waals surface area contributed by atoms with Gasteiger partial charge in [0.1, 0.15) is 10.8 Å². The Hall–Kier alpha value is -2.66. The van der Waals surface area contributed by atoms with Crippen molar-refractivity contribution in [3.8, 4) is 16.3 Å². The molecule has 0 radical (unpaired) electrons. The summed E-state index contributed by atoms with van der Waals surface area (Å²) in [6.45, 7) is 2.07. The van der Waals surface area contributed by atoms with E-state index in [4.69, 9.17) is 4.74 Å². The molecule has 0 spiro atoms. The van der Waals surface area contributed by atoms with E-state index >= 15 is 0 Å². The summed E-state index contributed by atoms with van der Waals surface area (Å²) in [7, 11) is 1.66. The molecule has 1 aromatic heterocycles. The van der Waals surface area contributed by atoms with E-state index in [0.29, 0.717) is 12.3 Å². The van der Waals surface area contributed by atoms with E-state index in [9.17, 15) is 4.79 Å². The molecule has 2 aromatic carbocycles. The standard InChI is InChI=1S/C23H24N2O2S/c1-15-3-5-18(6-4-15)23-24-19(14-28-23)13-21(26)25-22(16-7-8-16)17-9-11-20(27-2)12-10-17/h3-6,9-12,14,16,22H,7-8,13H2,1-2H3,(H,25,26). The van der Waals surface area contributed by atoms with Crippen LogP contribution in [0.2, 0.25) is 0 Å². The topological polar surface area (TPSA) is 51.2 Å². The Kier molecular flexibility index (Phi) is 5.44. The minimum Gasteiger partial charge on any atom is -0.497 e. The van der Waals surface area contributed by atoms with E-state index in [1.54, 1.807) is 18.4 Å². The quantitative estimate of drug-likeness (QED) is 0.620. The van der Waals surface area contributed by atoms with Crippen molar-refractivity contribution in [1.29, 1.82) is 0 Å². The summed E-state index contributed by atoms with van der Waals surface area (Å²) in [6, 6.07) is 16.4. The Labute approximate surface area is 169 Å². The number of nitrogens with one attached hydrogen (secondary N) is 1. The maximum absolute atomic E-state index is 12.7. The number of amides is 1. The fourth-order valence-corrected chi connectivity index (χ4v) is 4.15. The Morgan fingerprint density at radius 1 is 1.18 bits per heavy atom. The summed E-state index contributed by atoms with van der Waals surface area (Å²) in [5, 5.41) is 6.16. The highest BCUT2D eigenvalue weighted by Crippen LogP contribution is 2.41. The first-order valence-electron chi connectivity index (χ1n) is 9.57. The van der Waals surface area contributed by atoms with Crippen molar-refractivity contribution >= 4 is 17.2 Å². The Balaban J connectivity index is 1.42. The Bertz CT molecular complexity index is 943. The van der Waals surface area contributed by atoms with Crippen molar-refractivity contribution in [2.24, 2.45) is 5.92 Å². The van der Waals surface area contributed by atoms with Gasteiger partial charge in [-0.2, -0.15) is 0 Å². The molecule has 0 bridgehead atoms. The average Bonchev–Trinajstić information content (AvgIpc) is 3.46. The molecule has 1 unspecified atom stereocenters. The van der Waals surface area contributed by atoms with Gasteiger partial charge in [0.2, 0.25) is 5.91 Å². The zero-order chi connectivity index (χ0) is 19.5. The Morgan fingerprint density at radius 3 is 2.54 bits per heavy atom. The number of methoxy groups -OCH3 is 1. The van der Waals surface area contributed by atoms with Crippen molar-refractivity contribution < 1.29 is 9.53 Å².